The largest absolute Gasteiger partial charge is 0.390 e. The highest BCUT2D eigenvalue weighted by molar-refractivity contribution is 5.35. The van der Waals surface area contributed by atoms with Gasteiger partial charge in [0.1, 0.15) is 0 Å². The predicted molar refractivity (Wildman–Crippen MR) is 58.5 cm³/mol. The summed E-state index contributed by atoms with van der Waals surface area (Å²) in [6.45, 7) is 7.08. The monoisotopic (exact) mass is 177 g/mol. The number of hydrogen-bond acceptors (Lipinski definition) is 1. The zero-order valence-corrected chi connectivity index (χ0v) is 8.47. The van der Waals surface area contributed by atoms with Crippen LogP contribution in [0, 0.1) is 0 Å². The summed E-state index contributed by atoms with van der Waals surface area (Å²) in [5.74, 6) is 0. The summed E-state index contributed by atoms with van der Waals surface area (Å²) in [6.07, 6.45) is 11.6. The number of hydrogen-bond donors (Lipinski definition) is 1. The van der Waals surface area contributed by atoms with E-state index in [9.17, 15) is 0 Å². The first kappa shape index (κ1) is 10.1. The molecular formula is C12H19N. The predicted octanol–water partition coefficient (Wildman–Crippen LogP) is 3.17. The molecular weight excluding hydrogens is 158 g/mol. The van der Waals surface area contributed by atoms with Crippen LogP contribution in [0.3, 0.4) is 0 Å². The van der Waals surface area contributed by atoms with Crippen molar-refractivity contribution in [1.29, 1.82) is 0 Å². The SMILES string of the molecule is C=C(C)C1=C/NCCCCC/C=C\1. The Morgan fingerprint density at radius 1 is 1.38 bits per heavy atom. The molecule has 0 fully saturated rings. The molecule has 1 N–H and O–H groups in total. The second-order valence-corrected chi connectivity index (χ2v) is 3.59. The first-order chi connectivity index (χ1) is 6.30. The van der Waals surface area contributed by atoms with Gasteiger partial charge in [0.25, 0.3) is 0 Å². The van der Waals surface area contributed by atoms with E-state index in [-0.39, 0.29) is 0 Å². The molecule has 0 aromatic heterocycles. The van der Waals surface area contributed by atoms with Gasteiger partial charge in [0.15, 0.2) is 0 Å². The van der Waals surface area contributed by atoms with E-state index in [1.54, 1.807) is 0 Å². The van der Waals surface area contributed by atoms with Crippen LogP contribution in [0.25, 0.3) is 0 Å². The Morgan fingerprint density at radius 2 is 2.23 bits per heavy atom. The summed E-state index contributed by atoms with van der Waals surface area (Å²) >= 11 is 0. The third-order valence-corrected chi connectivity index (χ3v) is 2.24. The molecule has 0 bridgehead atoms. The molecule has 0 saturated carbocycles. The summed E-state index contributed by atoms with van der Waals surface area (Å²) < 4.78 is 0. The lowest BCUT2D eigenvalue weighted by Gasteiger charge is -2.06. The molecule has 72 valence electrons. The number of allylic oxidation sites excluding steroid dienone is 4. The van der Waals surface area contributed by atoms with Crippen LogP contribution in [0.2, 0.25) is 0 Å². The van der Waals surface area contributed by atoms with Gasteiger partial charge in [-0.25, -0.2) is 0 Å². The highest BCUT2D eigenvalue weighted by Crippen LogP contribution is 2.10. The van der Waals surface area contributed by atoms with E-state index < -0.39 is 0 Å². The zero-order chi connectivity index (χ0) is 9.52. The lowest BCUT2D eigenvalue weighted by Crippen LogP contribution is -2.08. The lowest BCUT2D eigenvalue weighted by atomic mass is 10.1. The van der Waals surface area contributed by atoms with Crippen LogP contribution >= 0.6 is 0 Å². The fraction of sp³-hybridized carbons (Fsp3) is 0.500. The minimum absolute atomic E-state index is 1.09. The Kier molecular flexibility index (Phi) is 4.37. The van der Waals surface area contributed by atoms with Crippen molar-refractivity contribution in [2.24, 2.45) is 0 Å². The van der Waals surface area contributed by atoms with Crippen molar-refractivity contribution in [1.82, 2.24) is 5.32 Å². The average molecular weight is 177 g/mol. The van der Waals surface area contributed by atoms with Crippen LogP contribution in [0.1, 0.15) is 32.6 Å². The number of nitrogens with one attached hydrogen (secondary N) is 1. The van der Waals surface area contributed by atoms with Crippen molar-refractivity contribution in [3.63, 3.8) is 0 Å². The second kappa shape index (κ2) is 5.63. The summed E-state index contributed by atoms with van der Waals surface area (Å²) in [4.78, 5) is 0. The van der Waals surface area contributed by atoms with Gasteiger partial charge in [-0.15, -0.1) is 0 Å². The molecule has 1 aliphatic heterocycles. The second-order valence-electron chi connectivity index (χ2n) is 3.59. The maximum absolute atomic E-state index is 3.95. The first-order valence-electron chi connectivity index (χ1n) is 5.06. The molecule has 0 amide bonds. The van der Waals surface area contributed by atoms with Gasteiger partial charge < -0.3 is 5.32 Å². The fourth-order valence-electron chi connectivity index (χ4n) is 1.37. The lowest BCUT2D eigenvalue weighted by molar-refractivity contribution is 0.657. The Hall–Kier alpha value is -0.980. The Balaban J connectivity index is 2.60. The van der Waals surface area contributed by atoms with Gasteiger partial charge in [-0.1, -0.05) is 25.2 Å². The molecule has 1 rings (SSSR count). The molecule has 0 spiro atoms. The highest BCUT2D eigenvalue weighted by atomic mass is 14.8. The van der Waals surface area contributed by atoms with Gasteiger partial charge in [-0.3, -0.25) is 0 Å². The van der Waals surface area contributed by atoms with Crippen molar-refractivity contribution < 1.29 is 0 Å². The van der Waals surface area contributed by atoms with Crippen LogP contribution in [0.5, 0.6) is 0 Å². The summed E-state index contributed by atoms with van der Waals surface area (Å²) in [5, 5.41) is 3.31. The molecule has 0 aromatic carbocycles. The summed E-state index contributed by atoms with van der Waals surface area (Å²) in [5.41, 5.74) is 2.35. The van der Waals surface area contributed by atoms with Crippen LogP contribution < -0.4 is 5.32 Å². The molecule has 0 aromatic rings. The van der Waals surface area contributed by atoms with Crippen LogP contribution in [-0.2, 0) is 0 Å². The smallest absolute Gasteiger partial charge is 0.0141 e. The minimum Gasteiger partial charge on any atom is -0.390 e. The third-order valence-electron chi connectivity index (χ3n) is 2.24. The van der Waals surface area contributed by atoms with Crippen LogP contribution in [-0.4, -0.2) is 6.54 Å². The van der Waals surface area contributed by atoms with Gasteiger partial charge in [0.05, 0.1) is 0 Å². The van der Waals surface area contributed by atoms with E-state index in [1.165, 1.54) is 31.3 Å². The Bertz CT molecular complexity index is 223. The van der Waals surface area contributed by atoms with E-state index in [0.717, 1.165) is 12.1 Å². The molecule has 13 heavy (non-hydrogen) atoms. The summed E-state index contributed by atoms with van der Waals surface area (Å²) in [7, 11) is 0. The molecule has 0 saturated heterocycles. The quantitative estimate of drug-likeness (QED) is 0.648. The summed E-state index contributed by atoms with van der Waals surface area (Å²) in [6, 6.07) is 0. The van der Waals surface area contributed by atoms with Crippen molar-refractivity contribution >= 4 is 0 Å². The third kappa shape index (κ3) is 3.97. The van der Waals surface area contributed by atoms with E-state index in [2.05, 4.69) is 30.2 Å². The van der Waals surface area contributed by atoms with Gasteiger partial charge in [0.2, 0.25) is 0 Å². The van der Waals surface area contributed by atoms with Crippen molar-refractivity contribution in [2.45, 2.75) is 32.6 Å². The average Bonchev–Trinajstić information content (AvgIpc) is 2.14. The molecule has 0 aliphatic carbocycles. The van der Waals surface area contributed by atoms with Gasteiger partial charge >= 0.3 is 0 Å². The molecule has 1 nitrogen and oxygen atoms in total. The maximum Gasteiger partial charge on any atom is 0.0141 e. The van der Waals surface area contributed by atoms with Crippen molar-refractivity contribution in [3.05, 3.63) is 36.1 Å². The number of rotatable bonds is 1. The molecule has 0 atom stereocenters. The van der Waals surface area contributed by atoms with Gasteiger partial charge in [-0.2, -0.15) is 0 Å². The van der Waals surface area contributed by atoms with Gasteiger partial charge in [0, 0.05) is 12.7 Å². The molecule has 0 unspecified atom stereocenters. The normalized spacial score (nSPS) is 25.2. The maximum atomic E-state index is 3.95. The van der Waals surface area contributed by atoms with E-state index >= 15 is 0 Å². The Labute approximate surface area is 81.2 Å². The fourth-order valence-corrected chi connectivity index (χ4v) is 1.37. The highest BCUT2D eigenvalue weighted by Gasteiger charge is 1.94. The zero-order valence-electron chi connectivity index (χ0n) is 8.47. The van der Waals surface area contributed by atoms with E-state index in [4.69, 9.17) is 0 Å². The molecule has 1 heteroatoms. The first-order valence-corrected chi connectivity index (χ1v) is 5.06. The minimum atomic E-state index is 1.09. The van der Waals surface area contributed by atoms with E-state index in [1.807, 2.05) is 6.92 Å². The van der Waals surface area contributed by atoms with E-state index in [0.29, 0.717) is 0 Å². The standard InChI is InChI=1S/C12H19N/c1-11(2)12-8-6-4-3-5-7-9-13-10-12/h6,8,10,13H,1,3-5,7,9H2,2H3/b8-6-,12-10+. The van der Waals surface area contributed by atoms with Crippen molar-refractivity contribution in [2.75, 3.05) is 6.54 Å². The molecule has 0 radical (unpaired) electrons. The van der Waals surface area contributed by atoms with Crippen molar-refractivity contribution in [3.8, 4) is 0 Å². The molecule has 1 heterocycles. The van der Waals surface area contributed by atoms with Crippen LogP contribution in [0.4, 0.5) is 0 Å². The van der Waals surface area contributed by atoms with Crippen LogP contribution in [0.15, 0.2) is 36.1 Å². The Morgan fingerprint density at radius 3 is 3.00 bits per heavy atom. The molecule has 1 aliphatic rings. The van der Waals surface area contributed by atoms with Gasteiger partial charge in [-0.05, 0) is 37.3 Å². The topological polar surface area (TPSA) is 12.0 Å².